The number of anilines is 1. The van der Waals surface area contributed by atoms with Crippen LogP contribution in [0.1, 0.15) is 11.1 Å². The van der Waals surface area contributed by atoms with Crippen molar-refractivity contribution in [2.75, 3.05) is 4.90 Å². The molecule has 0 unspecified atom stereocenters. The van der Waals surface area contributed by atoms with E-state index in [1.54, 1.807) is 0 Å². The monoisotopic (exact) mass is 233 g/mol. The molecule has 0 spiro atoms. The van der Waals surface area contributed by atoms with Crippen LogP contribution in [0.2, 0.25) is 0 Å². The van der Waals surface area contributed by atoms with Gasteiger partial charge in [-0.05, 0) is 23.3 Å². The molecule has 1 heterocycles. The minimum atomic E-state index is 0.899. The molecule has 88 valence electrons. The van der Waals surface area contributed by atoms with E-state index in [0.29, 0.717) is 0 Å². The Balaban J connectivity index is 1.94. The number of hydrogen-bond acceptors (Lipinski definition) is 1. The summed E-state index contributed by atoms with van der Waals surface area (Å²) in [7, 11) is 0. The summed E-state index contributed by atoms with van der Waals surface area (Å²) >= 11 is 0. The SMILES string of the molecule is C1=Cc2ccccc2N(Cc2ccccc2)C=C1. The lowest BCUT2D eigenvalue weighted by atomic mass is 10.1. The molecule has 1 heteroatoms. The molecular formula is C17H15N. The second kappa shape index (κ2) is 4.92. The minimum absolute atomic E-state index is 0.899. The Morgan fingerprint density at radius 1 is 0.778 bits per heavy atom. The van der Waals surface area contributed by atoms with Crippen LogP contribution in [0.15, 0.2) is 72.9 Å². The maximum Gasteiger partial charge on any atom is 0.0482 e. The Morgan fingerprint density at radius 3 is 2.44 bits per heavy atom. The third-order valence-electron chi connectivity index (χ3n) is 3.09. The van der Waals surface area contributed by atoms with Crippen LogP contribution < -0.4 is 4.90 Å². The van der Waals surface area contributed by atoms with Gasteiger partial charge in [0.1, 0.15) is 0 Å². The fourth-order valence-corrected chi connectivity index (χ4v) is 2.20. The van der Waals surface area contributed by atoms with Crippen molar-refractivity contribution < 1.29 is 0 Å². The number of fused-ring (bicyclic) bond motifs is 1. The van der Waals surface area contributed by atoms with Crippen LogP contribution in [-0.2, 0) is 6.54 Å². The molecule has 3 rings (SSSR count). The summed E-state index contributed by atoms with van der Waals surface area (Å²) in [4.78, 5) is 2.28. The topological polar surface area (TPSA) is 3.24 Å². The molecular weight excluding hydrogens is 218 g/mol. The molecule has 2 aromatic rings. The van der Waals surface area contributed by atoms with Crippen LogP contribution in [0.5, 0.6) is 0 Å². The fourth-order valence-electron chi connectivity index (χ4n) is 2.20. The van der Waals surface area contributed by atoms with Crippen molar-refractivity contribution in [3.05, 3.63) is 84.1 Å². The van der Waals surface area contributed by atoms with Gasteiger partial charge in [0.05, 0.1) is 0 Å². The summed E-state index contributed by atoms with van der Waals surface area (Å²) in [6.07, 6.45) is 8.46. The standard InChI is InChI=1S/C17H15N/c1-2-8-15(9-3-1)14-18-13-7-6-11-16-10-4-5-12-17(16)18/h1-13H,14H2. The van der Waals surface area contributed by atoms with Crippen molar-refractivity contribution in [1.82, 2.24) is 0 Å². The molecule has 0 atom stereocenters. The van der Waals surface area contributed by atoms with E-state index in [-0.39, 0.29) is 0 Å². The van der Waals surface area contributed by atoms with Gasteiger partial charge in [0, 0.05) is 18.4 Å². The van der Waals surface area contributed by atoms with Gasteiger partial charge in [0.15, 0.2) is 0 Å². The lowest BCUT2D eigenvalue weighted by Crippen LogP contribution is -2.15. The summed E-state index contributed by atoms with van der Waals surface area (Å²) in [5.74, 6) is 0. The van der Waals surface area contributed by atoms with Gasteiger partial charge >= 0.3 is 0 Å². The number of allylic oxidation sites excluding steroid dienone is 2. The Hall–Kier alpha value is -2.28. The maximum absolute atomic E-state index is 2.28. The van der Waals surface area contributed by atoms with Crippen LogP contribution in [0.4, 0.5) is 5.69 Å². The Labute approximate surface area is 108 Å². The zero-order chi connectivity index (χ0) is 12.2. The number of rotatable bonds is 2. The largest absolute Gasteiger partial charge is 0.343 e. The normalized spacial score (nSPS) is 13.2. The first-order valence-electron chi connectivity index (χ1n) is 6.18. The van der Waals surface area contributed by atoms with Crippen molar-refractivity contribution in [3.8, 4) is 0 Å². The van der Waals surface area contributed by atoms with Gasteiger partial charge in [-0.15, -0.1) is 0 Å². The molecule has 1 aliphatic heterocycles. The smallest absolute Gasteiger partial charge is 0.0482 e. The molecule has 18 heavy (non-hydrogen) atoms. The lowest BCUT2D eigenvalue weighted by molar-refractivity contribution is 0.967. The third kappa shape index (κ3) is 2.21. The van der Waals surface area contributed by atoms with E-state index in [2.05, 4.69) is 83.9 Å². The second-order valence-electron chi connectivity index (χ2n) is 4.37. The summed E-state index contributed by atoms with van der Waals surface area (Å²) in [6.45, 7) is 0.899. The van der Waals surface area contributed by atoms with Crippen LogP contribution in [-0.4, -0.2) is 0 Å². The third-order valence-corrected chi connectivity index (χ3v) is 3.09. The zero-order valence-corrected chi connectivity index (χ0v) is 10.2. The summed E-state index contributed by atoms with van der Waals surface area (Å²) in [5, 5.41) is 0. The van der Waals surface area contributed by atoms with Gasteiger partial charge in [-0.25, -0.2) is 0 Å². The average Bonchev–Trinajstić information content (AvgIpc) is 2.63. The molecule has 0 aliphatic carbocycles. The van der Waals surface area contributed by atoms with Crippen LogP contribution in [0.3, 0.4) is 0 Å². The highest BCUT2D eigenvalue weighted by Crippen LogP contribution is 2.25. The van der Waals surface area contributed by atoms with Gasteiger partial charge in [-0.3, -0.25) is 0 Å². The molecule has 0 saturated heterocycles. The molecule has 0 radical (unpaired) electrons. The number of nitrogens with zero attached hydrogens (tertiary/aromatic N) is 1. The molecule has 0 amide bonds. The van der Waals surface area contributed by atoms with E-state index >= 15 is 0 Å². The van der Waals surface area contributed by atoms with E-state index in [9.17, 15) is 0 Å². The Morgan fingerprint density at radius 2 is 1.56 bits per heavy atom. The molecule has 0 aromatic heterocycles. The number of hydrogen-bond donors (Lipinski definition) is 0. The second-order valence-corrected chi connectivity index (χ2v) is 4.37. The molecule has 0 saturated carbocycles. The van der Waals surface area contributed by atoms with Gasteiger partial charge < -0.3 is 4.90 Å². The molecule has 1 aliphatic rings. The fraction of sp³-hybridized carbons (Fsp3) is 0.0588. The minimum Gasteiger partial charge on any atom is -0.343 e. The first kappa shape index (κ1) is 10.8. The van der Waals surface area contributed by atoms with E-state index < -0.39 is 0 Å². The predicted molar refractivity (Wildman–Crippen MR) is 77.2 cm³/mol. The van der Waals surface area contributed by atoms with Crippen molar-refractivity contribution in [2.45, 2.75) is 6.54 Å². The first-order valence-corrected chi connectivity index (χ1v) is 6.18. The first-order chi connectivity index (χ1) is 8.93. The predicted octanol–water partition coefficient (Wildman–Crippen LogP) is 4.23. The lowest BCUT2D eigenvalue weighted by Gasteiger charge is -2.21. The summed E-state index contributed by atoms with van der Waals surface area (Å²) in [5.41, 5.74) is 3.84. The van der Waals surface area contributed by atoms with E-state index in [4.69, 9.17) is 0 Å². The van der Waals surface area contributed by atoms with E-state index in [1.165, 1.54) is 16.8 Å². The Bertz CT molecular complexity index is 582. The average molecular weight is 233 g/mol. The molecule has 0 fully saturated rings. The summed E-state index contributed by atoms with van der Waals surface area (Å²) in [6, 6.07) is 19.0. The highest BCUT2D eigenvalue weighted by molar-refractivity contribution is 5.71. The van der Waals surface area contributed by atoms with Gasteiger partial charge in [-0.2, -0.15) is 0 Å². The molecule has 0 bridgehead atoms. The Kier molecular flexibility index (Phi) is 2.97. The number of para-hydroxylation sites is 1. The van der Waals surface area contributed by atoms with Crippen molar-refractivity contribution >= 4 is 11.8 Å². The van der Waals surface area contributed by atoms with Crippen molar-refractivity contribution in [3.63, 3.8) is 0 Å². The highest BCUT2D eigenvalue weighted by Gasteiger charge is 2.08. The zero-order valence-electron chi connectivity index (χ0n) is 10.2. The quantitative estimate of drug-likeness (QED) is 0.750. The van der Waals surface area contributed by atoms with E-state index in [1.807, 2.05) is 0 Å². The van der Waals surface area contributed by atoms with Crippen molar-refractivity contribution in [1.29, 1.82) is 0 Å². The molecule has 2 aromatic carbocycles. The van der Waals surface area contributed by atoms with Crippen LogP contribution in [0.25, 0.3) is 6.08 Å². The van der Waals surface area contributed by atoms with Gasteiger partial charge in [0.2, 0.25) is 0 Å². The molecule has 1 nitrogen and oxygen atoms in total. The summed E-state index contributed by atoms with van der Waals surface area (Å²) < 4.78 is 0. The van der Waals surface area contributed by atoms with Crippen LogP contribution >= 0.6 is 0 Å². The van der Waals surface area contributed by atoms with Gasteiger partial charge in [-0.1, -0.05) is 60.7 Å². The van der Waals surface area contributed by atoms with E-state index in [0.717, 1.165) is 6.54 Å². The van der Waals surface area contributed by atoms with Crippen LogP contribution in [0, 0.1) is 0 Å². The maximum atomic E-state index is 2.28. The van der Waals surface area contributed by atoms with Crippen molar-refractivity contribution in [2.24, 2.45) is 0 Å². The molecule has 0 N–H and O–H groups in total. The van der Waals surface area contributed by atoms with Gasteiger partial charge in [0.25, 0.3) is 0 Å². The number of benzene rings is 2. The highest BCUT2D eigenvalue weighted by atomic mass is 15.1.